The zero-order valence-corrected chi connectivity index (χ0v) is 8.99. The van der Waals surface area contributed by atoms with E-state index in [-0.39, 0.29) is 6.73 Å². The molecule has 1 aromatic rings. The highest BCUT2D eigenvalue weighted by molar-refractivity contribution is 5.51. The lowest BCUT2D eigenvalue weighted by Crippen LogP contribution is -2.03. The van der Waals surface area contributed by atoms with Crippen LogP contribution in [-0.4, -0.2) is 18.4 Å². The number of aliphatic hydroxyl groups excluding tert-OH is 1. The Morgan fingerprint density at radius 3 is 2.93 bits per heavy atom. The number of rotatable bonds is 5. The van der Waals surface area contributed by atoms with Crippen LogP contribution in [-0.2, 0) is 0 Å². The van der Waals surface area contributed by atoms with E-state index in [1.165, 1.54) is 12.8 Å². The Balaban J connectivity index is 2.01. The number of benzene rings is 1. The van der Waals surface area contributed by atoms with Crippen LogP contribution in [0, 0.1) is 12.8 Å². The molecule has 0 bridgehead atoms. The third-order valence-electron chi connectivity index (χ3n) is 2.64. The maximum Gasteiger partial charge on any atom is 0.124 e. The minimum atomic E-state index is -0.0505. The standard InChI is InChI=1S/C12H17NO2/c1-9-2-5-11(13-8-14)6-12(9)15-7-10-3-4-10/h2,5-6,10,13-14H,3-4,7-8H2,1H3. The first kappa shape index (κ1) is 10.3. The molecule has 2 rings (SSSR count). The molecule has 0 atom stereocenters. The zero-order valence-electron chi connectivity index (χ0n) is 8.99. The molecular formula is C12H17NO2. The normalized spacial score (nSPS) is 15.1. The van der Waals surface area contributed by atoms with E-state index < -0.39 is 0 Å². The molecule has 0 amide bonds. The van der Waals surface area contributed by atoms with E-state index in [9.17, 15) is 0 Å². The predicted octanol–water partition coefficient (Wildman–Crippen LogP) is 2.15. The maximum atomic E-state index is 8.76. The molecule has 1 aromatic carbocycles. The monoisotopic (exact) mass is 207 g/mol. The van der Waals surface area contributed by atoms with Gasteiger partial charge in [-0.3, -0.25) is 0 Å². The van der Waals surface area contributed by atoms with E-state index in [2.05, 4.69) is 5.32 Å². The molecule has 0 aliphatic heterocycles. The third-order valence-corrected chi connectivity index (χ3v) is 2.64. The van der Waals surface area contributed by atoms with Crippen molar-refractivity contribution in [1.82, 2.24) is 0 Å². The Morgan fingerprint density at radius 2 is 2.27 bits per heavy atom. The van der Waals surface area contributed by atoms with Gasteiger partial charge in [-0.15, -0.1) is 0 Å². The van der Waals surface area contributed by atoms with Crippen molar-refractivity contribution in [3.05, 3.63) is 23.8 Å². The SMILES string of the molecule is Cc1ccc(NCO)cc1OCC1CC1. The quantitative estimate of drug-likeness (QED) is 0.727. The van der Waals surface area contributed by atoms with Crippen LogP contribution in [0.4, 0.5) is 5.69 Å². The predicted molar refractivity (Wildman–Crippen MR) is 60.1 cm³/mol. The van der Waals surface area contributed by atoms with Crippen LogP contribution in [0.3, 0.4) is 0 Å². The van der Waals surface area contributed by atoms with Crippen molar-refractivity contribution in [2.24, 2.45) is 5.92 Å². The van der Waals surface area contributed by atoms with Crippen molar-refractivity contribution < 1.29 is 9.84 Å². The summed E-state index contributed by atoms with van der Waals surface area (Å²) in [5, 5.41) is 11.6. The van der Waals surface area contributed by atoms with E-state index in [4.69, 9.17) is 9.84 Å². The van der Waals surface area contributed by atoms with Gasteiger partial charge < -0.3 is 15.2 Å². The molecule has 0 radical (unpaired) electrons. The fraction of sp³-hybridized carbons (Fsp3) is 0.500. The number of anilines is 1. The van der Waals surface area contributed by atoms with E-state index in [0.29, 0.717) is 0 Å². The summed E-state index contributed by atoms with van der Waals surface area (Å²) in [5.41, 5.74) is 2.04. The Kier molecular flexibility index (Phi) is 3.11. The highest BCUT2D eigenvalue weighted by Gasteiger charge is 2.22. The smallest absolute Gasteiger partial charge is 0.124 e. The van der Waals surface area contributed by atoms with Gasteiger partial charge in [-0.25, -0.2) is 0 Å². The molecule has 0 heterocycles. The summed E-state index contributed by atoms with van der Waals surface area (Å²) in [6, 6.07) is 5.88. The van der Waals surface area contributed by atoms with Crippen LogP contribution < -0.4 is 10.1 Å². The molecule has 3 heteroatoms. The summed E-state index contributed by atoms with van der Waals surface area (Å²) >= 11 is 0. The molecule has 1 saturated carbocycles. The number of aliphatic hydroxyl groups is 1. The van der Waals surface area contributed by atoms with Gasteiger partial charge in [-0.05, 0) is 37.3 Å². The van der Waals surface area contributed by atoms with Crippen molar-refractivity contribution in [2.45, 2.75) is 19.8 Å². The molecule has 0 spiro atoms. The molecule has 15 heavy (non-hydrogen) atoms. The molecule has 0 unspecified atom stereocenters. The van der Waals surface area contributed by atoms with Crippen LogP contribution in [0.1, 0.15) is 18.4 Å². The van der Waals surface area contributed by atoms with Gasteiger partial charge in [0.25, 0.3) is 0 Å². The molecule has 1 aliphatic rings. The van der Waals surface area contributed by atoms with Crippen molar-refractivity contribution in [3.63, 3.8) is 0 Å². The van der Waals surface area contributed by atoms with Gasteiger partial charge in [0.1, 0.15) is 12.5 Å². The number of nitrogens with one attached hydrogen (secondary N) is 1. The second-order valence-electron chi connectivity index (χ2n) is 4.07. The Bertz CT molecular complexity index is 334. The summed E-state index contributed by atoms with van der Waals surface area (Å²) in [5.74, 6) is 1.68. The Hall–Kier alpha value is -1.22. The van der Waals surface area contributed by atoms with Crippen LogP contribution in [0.2, 0.25) is 0 Å². The Labute approximate surface area is 90.1 Å². The van der Waals surface area contributed by atoms with E-state index in [0.717, 1.165) is 29.5 Å². The molecular weight excluding hydrogens is 190 g/mol. The van der Waals surface area contributed by atoms with Gasteiger partial charge in [-0.1, -0.05) is 6.07 Å². The van der Waals surface area contributed by atoms with Gasteiger partial charge in [0, 0.05) is 11.8 Å². The number of ether oxygens (including phenoxy) is 1. The fourth-order valence-electron chi connectivity index (χ4n) is 1.45. The van der Waals surface area contributed by atoms with Crippen molar-refractivity contribution >= 4 is 5.69 Å². The highest BCUT2D eigenvalue weighted by Crippen LogP contribution is 2.31. The Morgan fingerprint density at radius 1 is 1.47 bits per heavy atom. The average molecular weight is 207 g/mol. The van der Waals surface area contributed by atoms with Crippen LogP contribution in [0.15, 0.2) is 18.2 Å². The van der Waals surface area contributed by atoms with Gasteiger partial charge in [0.15, 0.2) is 0 Å². The average Bonchev–Trinajstić information content (AvgIpc) is 3.03. The van der Waals surface area contributed by atoms with Crippen molar-refractivity contribution in [1.29, 1.82) is 0 Å². The van der Waals surface area contributed by atoms with Crippen LogP contribution in [0.5, 0.6) is 5.75 Å². The summed E-state index contributed by atoms with van der Waals surface area (Å²) in [6.45, 7) is 2.81. The molecule has 3 nitrogen and oxygen atoms in total. The van der Waals surface area contributed by atoms with E-state index in [1.807, 2.05) is 25.1 Å². The van der Waals surface area contributed by atoms with Gasteiger partial charge in [0.05, 0.1) is 6.61 Å². The minimum absolute atomic E-state index is 0.0505. The van der Waals surface area contributed by atoms with Crippen LogP contribution in [0.25, 0.3) is 0 Å². The third kappa shape index (κ3) is 2.86. The molecule has 82 valence electrons. The molecule has 0 aromatic heterocycles. The summed E-state index contributed by atoms with van der Waals surface area (Å²) in [4.78, 5) is 0. The lowest BCUT2D eigenvalue weighted by atomic mass is 10.2. The maximum absolute atomic E-state index is 8.76. The van der Waals surface area contributed by atoms with Crippen molar-refractivity contribution in [2.75, 3.05) is 18.7 Å². The highest BCUT2D eigenvalue weighted by atomic mass is 16.5. The van der Waals surface area contributed by atoms with Crippen LogP contribution >= 0.6 is 0 Å². The lowest BCUT2D eigenvalue weighted by molar-refractivity contribution is 0.297. The number of aryl methyl sites for hydroxylation is 1. The van der Waals surface area contributed by atoms with Crippen molar-refractivity contribution in [3.8, 4) is 5.75 Å². The lowest BCUT2D eigenvalue weighted by Gasteiger charge is -2.11. The molecule has 1 fully saturated rings. The number of hydrogen-bond acceptors (Lipinski definition) is 3. The number of hydrogen-bond donors (Lipinski definition) is 2. The second-order valence-corrected chi connectivity index (χ2v) is 4.07. The molecule has 0 saturated heterocycles. The van der Waals surface area contributed by atoms with Gasteiger partial charge >= 0.3 is 0 Å². The van der Waals surface area contributed by atoms with Gasteiger partial charge in [0.2, 0.25) is 0 Å². The topological polar surface area (TPSA) is 41.5 Å². The minimum Gasteiger partial charge on any atom is -0.493 e. The first-order chi connectivity index (χ1) is 7.29. The largest absolute Gasteiger partial charge is 0.493 e. The van der Waals surface area contributed by atoms with Gasteiger partial charge in [-0.2, -0.15) is 0 Å². The first-order valence-electron chi connectivity index (χ1n) is 5.38. The van der Waals surface area contributed by atoms with E-state index in [1.54, 1.807) is 0 Å². The summed E-state index contributed by atoms with van der Waals surface area (Å²) in [6.07, 6.45) is 2.60. The molecule has 2 N–H and O–H groups in total. The molecule has 1 aliphatic carbocycles. The fourth-order valence-corrected chi connectivity index (χ4v) is 1.45. The summed E-state index contributed by atoms with van der Waals surface area (Å²) in [7, 11) is 0. The summed E-state index contributed by atoms with van der Waals surface area (Å²) < 4.78 is 5.73. The first-order valence-corrected chi connectivity index (χ1v) is 5.38. The van der Waals surface area contributed by atoms with E-state index >= 15 is 0 Å². The zero-order chi connectivity index (χ0) is 10.7. The second kappa shape index (κ2) is 4.53.